The molecule has 0 fully saturated rings. The van der Waals surface area contributed by atoms with Crippen LogP contribution in [0, 0.1) is 5.41 Å². The number of hydrogen-bond acceptors (Lipinski definition) is 4. The summed E-state index contributed by atoms with van der Waals surface area (Å²) < 4.78 is 32.1. The van der Waals surface area contributed by atoms with Crippen LogP contribution in [0.2, 0.25) is 0 Å². The number of guanidine groups is 1. The van der Waals surface area contributed by atoms with Crippen LogP contribution in [0.5, 0.6) is 0 Å². The zero-order chi connectivity index (χ0) is 22.2. The van der Waals surface area contributed by atoms with Gasteiger partial charge < -0.3 is 15.4 Å². The molecule has 0 saturated heterocycles. The smallest absolute Gasteiger partial charge is 0.243 e. The van der Waals surface area contributed by atoms with Crippen molar-refractivity contribution >= 4 is 16.0 Å². The van der Waals surface area contributed by atoms with E-state index in [4.69, 9.17) is 4.74 Å². The number of nitrogens with one attached hydrogen (secondary N) is 2. The first-order chi connectivity index (χ1) is 13.4. The third-order valence-electron chi connectivity index (χ3n) is 4.80. The minimum absolute atomic E-state index is 0.0174. The van der Waals surface area contributed by atoms with Gasteiger partial charge in [-0.2, -0.15) is 4.31 Å². The molecule has 0 heterocycles. The molecule has 0 aliphatic carbocycles. The molecule has 0 spiro atoms. The normalized spacial score (nSPS) is 14.3. The van der Waals surface area contributed by atoms with Gasteiger partial charge in [0.2, 0.25) is 10.0 Å². The van der Waals surface area contributed by atoms with Crippen molar-refractivity contribution in [3.8, 4) is 0 Å². The quantitative estimate of drug-likeness (QED) is 0.469. The maximum Gasteiger partial charge on any atom is 0.243 e. The fraction of sp³-hybridized carbons (Fsp3) is 0.667. The van der Waals surface area contributed by atoms with E-state index < -0.39 is 10.0 Å². The SMILES string of the molecule is CCNC(=NCc1ccc(S(=O)(=O)N(C)C(C)C)cc1)NCC(OC)C(C)(C)C. The molecule has 1 atom stereocenters. The fourth-order valence-electron chi connectivity index (χ4n) is 2.66. The second-order valence-corrected chi connectivity index (χ2v) is 10.4. The van der Waals surface area contributed by atoms with Gasteiger partial charge in [-0.05, 0) is 43.9 Å². The van der Waals surface area contributed by atoms with E-state index in [1.54, 1.807) is 38.4 Å². The van der Waals surface area contributed by atoms with Gasteiger partial charge in [-0.1, -0.05) is 32.9 Å². The van der Waals surface area contributed by atoms with Gasteiger partial charge in [-0.3, -0.25) is 0 Å². The molecule has 0 saturated carbocycles. The molecule has 8 heteroatoms. The second kappa shape index (κ2) is 10.9. The summed E-state index contributed by atoms with van der Waals surface area (Å²) >= 11 is 0. The Bertz CT molecular complexity index is 753. The van der Waals surface area contributed by atoms with Crippen molar-refractivity contribution in [2.24, 2.45) is 10.4 Å². The standard InChI is InChI=1S/C21H38N4O3S/c1-9-22-20(24-15-19(28-8)21(4,5)6)23-14-17-10-12-18(13-11-17)29(26,27)25(7)16(2)3/h10-13,16,19H,9,14-15H2,1-8H3,(H2,22,23,24). The van der Waals surface area contributed by atoms with Gasteiger partial charge in [0, 0.05) is 33.3 Å². The summed E-state index contributed by atoms with van der Waals surface area (Å²) in [5, 5.41) is 6.55. The summed E-state index contributed by atoms with van der Waals surface area (Å²) in [4.78, 5) is 4.90. The van der Waals surface area contributed by atoms with Crippen molar-refractivity contribution in [1.82, 2.24) is 14.9 Å². The van der Waals surface area contributed by atoms with Gasteiger partial charge in [0.1, 0.15) is 0 Å². The van der Waals surface area contributed by atoms with Crippen LogP contribution in [-0.4, -0.2) is 58.1 Å². The minimum atomic E-state index is -3.47. The Balaban J connectivity index is 2.85. The van der Waals surface area contributed by atoms with Gasteiger partial charge in [-0.15, -0.1) is 0 Å². The van der Waals surface area contributed by atoms with E-state index in [0.29, 0.717) is 23.9 Å². The maximum absolute atomic E-state index is 12.6. The Morgan fingerprint density at radius 3 is 2.21 bits per heavy atom. The maximum atomic E-state index is 12.6. The lowest BCUT2D eigenvalue weighted by Gasteiger charge is -2.30. The summed E-state index contributed by atoms with van der Waals surface area (Å²) in [7, 11) is -0.160. The molecule has 1 aromatic carbocycles. The van der Waals surface area contributed by atoms with Crippen molar-refractivity contribution in [1.29, 1.82) is 0 Å². The number of aliphatic imine (C=N–C) groups is 1. The van der Waals surface area contributed by atoms with E-state index in [2.05, 4.69) is 36.4 Å². The number of ether oxygens (including phenoxy) is 1. The molecule has 166 valence electrons. The van der Waals surface area contributed by atoms with Crippen LogP contribution in [0.15, 0.2) is 34.2 Å². The Labute approximate surface area is 177 Å². The van der Waals surface area contributed by atoms with Gasteiger partial charge in [0.25, 0.3) is 0 Å². The molecule has 1 aromatic rings. The molecule has 1 unspecified atom stereocenters. The van der Waals surface area contributed by atoms with Crippen LogP contribution in [0.4, 0.5) is 0 Å². The Morgan fingerprint density at radius 1 is 1.17 bits per heavy atom. The van der Waals surface area contributed by atoms with Crippen molar-refractivity contribution < 1.29 is 13.2 Å². The Morgan fingerprint density at radius 2 is 1.76 bits per heavy atom. The Hall–Kier alpha value is -1.64. The monoisotopic (exact) mass is 426 g/mol. The van der Waals surface area contributed by atoms with Gasteiger partial charge in [0.05, 0.1) is 17.5 Å². The van der Waals surface area contributed by atoms with E-state index in [1.807, 2.05) is 20.8 Å². The molecule has 0 amide bonds. The number of hydrogen-bond donors (Lipinski definition) is 2. The first-order valence-electron chi connectivity index (χ1n) is 10.0. The molecule has 0 bridgehead atoms. The van der Waals surface area contributed by atoms with Crippen LogP contribution in [0.1, 0.15) is 47.1 Å². The lowest BCUT2D eigenvalue weighted by atomic mass is 9.89. The van der Waals surface area contributed by atoms with Crippen LogP contribution in [-0.2, 0) is 21.3 Å². The van der Waals surface area contributed by atoms with Gasteiger partial charge in [0.15, 0.2) is 5.96 Å². The highest BCUT2D eigenvalue weighted by Crippen LogP contribution is 2.21. The average molecular weight is 427 g/mol. The van der Waals surface area contributed by atoms with Crippen LogP contribution in [0.25, 0.3) is 0 Å². The third-order valence-corrected chi connectivity index (χ3v) is 6.84. The van der Waals surface area contributed by atoms with Crippen LogP contribution >= 0.6 is 0 Å². The van der Waals surface area contributed by atoms with Crippen molar-refractivity contribution in [3.63, 3.8) is 0 Å². The summed E-state index contributed by atoms with van der Waals surface area (Å²) in [6.45, 7) is 14.0. The highest BCUT2D eigenvalue weighted by atomic mass is 32.2. The number of nitrogens with zero attached hydrogens (tertiary/aromatic N) is 2. The summed E-state index contributed by atoms with van der Waals surface area (Å²) in [5.74, 6) is 0.704. The molecule has 0 radical (unpaired) electrons. The van der Waals surface area contributed by atoms with E-state index in [-0.39, 0.29) is 17.6 Å². The van der Waals surface area contributed by atoms with Gasteiger partial charge >= 0.3 is 0 Å². The lowest BCUT2D eigenvalue weighted by molar-refractivity contribution is 0.0205. The third kappa shape index (κ3) is 7.60. The number of methoxy groups -OCH3 is 1. The predicted octanol–water partition coefficient (Wildman–Crippen LogP) is 2.83. The van der Waals surface area contributed by atoms with Crippen molar-refractivity contribution in [2.45, 2.75) is 65.1 Å². The summed E-state index contributed by atoms with van der Waals surface area (Å²) in [6, 6.07) is 6.80. The van der Waals surface area contributed by atoms with E-state index in [0.717, 1.165) is 12.1 Å². The molecule has 1 rings (SSSR count). The molecule has 7 nitrogen and oxygen atoms in total. The zero-order valence-electron chi connectivity index (χ0n) is 19.1. The molecular formula is C21H38N4O3S. The highest BCUT2D eigenvalue weighted by Gasteiger charge is 2.24. The van der Waals surface area contributed by atoms with Crippen molar-refractivity contribution in [3.05, 3.63) is 29.8 Å². The molecular weight excluding hydrogens is 388 g/mol. The zero-order valence-corrected chi connectivity index (χ0v) is 19.9. The average Bonchev–Trinajstić information content (AvgIpc) is 2.64. The largest absolute Gasteiger partial charge is 0.379 e. The van der Waals surface area contributed by atoms with E-state index in [9.17, 15) is 8.42 Å². The first-order valence-corrected chi connectivity index (χ1v) is 11.5. The predicted molar refractivity (Wildman–Crippen MR) is 120 cm³/mol. The lowest BCUT2D eigenvalue weighted by Crippen LogP contribution is -2.45. The van der Waals surface area contributed by atoms with E-state index >= 15 is 0 Å². The highest BCUT2D eigenvalue weighted by molar-refractivity contribution is 7.89. The molecule has 0 aromatic heterocycles. The van der Waals surface area contributed by atoms with E-state index in [1.165, 1.54) is 4.31 Å². The number of benzene rings is 1. The van der Waals surface area contributed by atoms with Crippen LogP contribution < -0.4 is 10.6 Å². The number of sulfonamides is 1. The fourth-order valence-corrected chi connectivity index (χ4v) is 4.02. The molecule has 0 aliphatic heterocycles. The second-order valence-electron chi connectivity index (χ2n) is 8.43. The summed E-state index contributed by atoms with van der Waals surface area (Å²) in [5.41, 5.74) is 0.955. The summed E-state index contributed by atoms with van der Waals surface area (Å²) in [6.07, 6.45) is 0.0498. The molecule has 29 heavy (non-hydrogen) atoms. The van der Waals surface area contributed by atoms with Crippen molar-refractivity contribution in [2.75, 3.05) is 27.2 Å². The Kier molecular flexibility index (Phi) is 9.58. The molecule has 2 N–H and O–H groups in total. The minimum Gasteiger partial charge on any atom is -0.379 e. The first kappa shape index (κ1) is 25.4. The van der Waals surface area contributed by atoms with Gasteiger partial charge in [-0.25, -0.2) is 13.4 Å². The topological polar surface area (TPSA) is 83.0 Å². The van der Waals surface area contributed by atoms with Crippen LogP contribution in [0.3, 0.4) is 0 Å². The molecule has 0 aliphatic rings. The number of rotatable bonds is 9.